The summed E-state index contributed by atoms with van der Waals surface area (Å²) in [5, 5.41) is 15.6. The van der Waals surface area contributed by atoms with Crippen molar-refractivity contribution >= 4 is 6.03 Å². The molecule has 0 saturated carbocycles. The fraction of sp³-hybridized carbons (Fsp3) is 0.353. The van der Waals surface area contributed by atoms with Crippen LogP contribution in [0.3, 0.4) is 0 Å². The second kappa shape index (κ2) is 7.66. The quantitative estimate of drug-likeness (QED) is 0.765. The Morgan fingerprint density at radius 2 is 1.77 bits per heavy atom. The molecule has 1 heterocycles. The van der Waals surface area contributed by atoms with E-state index in [2.05, 4.69) is 16.7 Å². The minimum atomic E-state index is -0.700. The molecule has 22 heavy (non-hydrogen) atoms. The molecule has 1 aromatic carbocycles. The summed E-state index contributed by atoms with van der Waals surface area (Å²) in [5.41, 5.74) is 3.03. The smallest absolute Gasteiger partial charge is 0.314 e. The van der Waals surface area contributed by atoms with E-state index in [9.17, 15) is 9.90 Å². The van der Waals surface area contributed by atoms with Gasteiger partial charge in [-0.2, -0.15) is 0 Å². The van der Waals surface area contributed by atoms with Crippen molar-refractivity contribution in [2.75, 3.05) is 13.1 Å². The third-order valence-corrected chi connectivity index (χ3v) is 3.41. The first-order valence-corrected chi connectivity index (χ1v) is 7.43. The molecule has 3 N–H and O–H groups in total. The van der Waals surface area contributed by atoms with Gasteiger partial charge >= 0.3 is 6.03 Å². The summed E-state index contributed by atoms with van der Waals surface area (Å²) in [6.07, 6.45) is 3.20. The zero-order chi connectivity index (χ0) is 15.9. The summed E-state index contributed by atoms with van der Waals surface area (Å²) in [6.45, 7) is 5.44. The highest BCUT2D eigenvalue weighted by molar-refractivity contribution is 5.73. The van der Waals surface area contributed by atoms with E-state index >= 15 is 0 Å². The van der Waals surface area contributed by atoms with Gasteiger partial charge in [-0.15, -0.1) is 0 Å². The van der Waals surface area contributed by atoms with Gasteiger partial charge in [-0.05, 0) is 31.5 Å². The number of benzene rings is 1. The number of aliphatic hydroxyl groups excluding tert-OH is 1. The lowest BCUT2D eigenvalue weighted by Gasteiger charge is -2.14. The first kappa shape index (κ1) is 16.1. The Morgan fingerprint density at radius 1 is 1.14 bits per heavy atom. The van der Waals surface area contributed by atoms with E-state index in [1.165, 1.54) is 0 Å². The zero-order valence-electron chi connectivity index (χ0n) is 13.0. The Hall–Kier alpha value is -2.27. The Bertz CT molecular complexity index is 588. The van der Waals surface area contributed by atoms with Gasteiger partial charge in [0.25, 0.3) is 0 Å². The lowest BCUT2D eigenvalue weighted by molar-refractivity contribution is 0.173. The van der Waals surface area contributed by atoms with Crippen molar-refractivity contribution in [1.82, 2.24) is 15.2 Å². The summed E-state index contributed by atoms with van der Waals surface area (Å²) >= 11 is 0. The van der Waals surface area contributed by atoms with Crippen molar-refractivity contribution in [2.45, 2.75) is 26.5 Å². The number of hydrogen-bond donors (Lipinski definition) is 3. The molecule has 118 valence electrons. The molecular formula is C17H23N3O2. The first-order valence-electron chi connectivity index (χ1n) is 7.43. The van der Waals surface area contributed by atoms with Gasteiger partial charge in [0.1, 0.15) is 0 Å². The maximum atomic E-state index is 11.7. The highest BCUT2D eigenvalue weighted by Gasteiger charge is 2.10. The predicted molar refractivity (Wildman–Crippen MR) is 86.7 cm³/mol. The van der Waals surface area contributed by atoms with E-state index in [0.29, 0.717) is 6.54 Å². The number of aliphatic hydroxyl groups is 1. The molecule has 0 aliphatic rings. The van der Waals surface area contributed by atoms with E-state index in [1.807, 2.05) is 55.1 Å². The molecule has 5 nitrogen and oxygen atoms in total. The number of hydrogen-bond acceptors (Lipinski definition) is 2. The normalized spacial score (nSPS) is 12.0. The van der Waals surface area contributed by atoms with Crippen LogP contribution in [0.4, 0.5) is 4.79 Å². The summed E-state index contributed by atoms with van der Waals surface area (Å²) in [7, 11) is 0. The van der Waals surface area contributed by atoms with Crippen LogP contribution in [0.25, 0.3) is 0 Å². The average molecular weight is 301 g/mol. The van der Waals surface area contributed by atoms with E-state index in [1.54, 1.807) is 0 Å². The maximum absolute atomic E-state index is 11.7. The minimum Gasteiger partial charge on any atom is -0.387 e. The molecule has 0 bridgehead atoms. The number of nitrogens with zero attached hydrogens (tertiary/aromatic N) is 1. The van der Waals surface area contributed by atoms with Crippen molar-refractivity contribution < 1.29 is 9.90 Å². The van der Waals surface area contributed by atoms with E-state index in [-0.39, 0.29) is 12.6 Å². The van der Waals surface area contributed by atoms with Crippen LogP contribution >= 0.6 is 0 Å². The van der Waals surface area contributed by atoms with Crippen molar-refractivity contribution in [1.29, 1.82) is 0 Å². The van der Waals surface area contributed by atoms with Gasteiger partial charge in [0, 0.05) is 32.0 Å². The van der Waals surface area contributed by atoms with Gasteiger partial charge in [-0.3, -0.25) is 0 Å². The van der Waals surface area contributed by atoms with Crippen molar-refractivity contribution in [3.05, 3.63) is 59.4 Å². The molecule has 2 rings (SSSR count). The number of aryl methyl sites for hydroxylation is 2. The van der Waals surface area contributed by atoms with Crippen molar-refractivity contribution in [3.63, 3.8) is 0 Å². The molecule has 0 spiro atoms. The Kier molecular flexibility index (Phi) is 5.61. The number of rotatable bonds is 6. The monoisotopic (exact) mass is 301 g/mol. The predicted octanol–water partition coefficient (Wildman–Crippen LogP) is 2.14. The summed E-state index contributed by atoms with van der Waals surface area (Å²) in [6, 6.07) is 9.54. The third-order valence-electron chi connectivity index (χ3n) is 3.41. The summed E-state index contributed by atoms with van der Waals surface area (Å²) < 4.78 is 1.99. The number of carbonyl (C=O) groups is 1. The average Bonchev–Trinajstić information content (AvgIpc) is 2.97. The van der Waals surface area contributed by atoms with Gasteiger partial charge in [-0.1, -0.05) is 29.3 Å². The zero-order valence-corrected chi connectivity index (χ0v) is 13.0. The number of carbonyl (C=O) groups excluding carboxylic acids is 1. The molecule has 0 unspecified atom stereocenters. The van der Waals surface area contributed by atoms with Crippen LogP contribution in [-0.2, 0) is 6.54 Å². The lowest BCUT2D eigenvalue weighted by Crippen LogP contribution is -2.39. The number of amides is 2. The molecule has 1 atom stereocenters. The largest absolute Gasteiger partial charge is 0.387 e. The summed E-state index contributed by atoms with van der Waals surface area (Å²) in [4.78, 5) is 11.7. The van der Waals surface area contributed by atoms with Gasteiger partial charge in [0.15, 0.2) is 0 Å². The second-order valence-corrected chi connectivity index (χ2v) is 5.49. The topological polar surface area (TPSA) is 66.3 Å². The van der Waals surface area contributed by atoms with Crippen LogP contribution in [0.1, 0.15) is 22.8 Å². The molecule has 0 fully saturated rings. The SMILES string of the molecule is Cc1cc(C)cc([C@@H](O)CNC(=O)NCCn2cccc2)c1. The second-order valence-electron chi connectivity index (χ2n) is 5.49. The minimum absolute atomic E-state index is 0.193. The van der Waals surface area contributed by atoms with Crippen molar-refractivity contribution in [2.24, 2.45) is 0 Å². The third kappa shape index (κ3) is 4.93. The van der Waals surface area contributed by atoms with E-state index < -0.39 is 6.10 Å². The first-order chi connectivity index (χ1) is 10.5. The van der Waals surface area contributed by atoms with Crippen molar-refractivity contribution in [3.8, 4) is 0 Å². The molecule has 0 radical (unpaired) electrons. The van der Waals surface area contributed by atoms with Gasteiger partial charge < -0.3 is 20.3 Å². The highest BCUT2D eigenvalue weighted by atomic mass is 16.3. The number of aromatic nitrogens is 1. The van der Waals surface area contributed by atoms with Crippen LogP contribution in [0.15, 0.2) is 42.7 Å². The molecule has 2 aromatic rings. The molecule has 5 heteroatoms. The van der Waals surface area contributed by atoms with Crippen LogP contribution in [0, 0.1) is 13.8 Å². The van der Waals surface area contributed by atoms with E-state index in [0.717, 1.165) is 23.2 Å². The molecule has 0 aliphatic carbocycles. The van der Waals surface area contributed by atoms with Crippen LogP contribution < -0.4 is 10.6 Å². The lowest BCUT2D eigenvalue weighted by atomic mass is 10.0. The summed E-state index contributed by atoms with van der Waals surface area (Å²) in [5.74, 6) is 0. The molecule has 1 aromatic heterocycles. The van der Waals surface area contributed by atoms with Crippen LogP contribution in [0.5, 0.6) is 0 Å². The Labute approximate surface area is 131 Å². The number of urea groups is 1. The molecule has 2 amide bonds. The fourth-order valence-corrected chi connectivity index (χ4v) is 2.39. The fourth-order valence-electron chi connectivity index (χ4n) is 2.39. The standard InChI is InChI=1S/C17H23N3O2/c1-13-9-14(2)11-15(10-13)16(21)12-19-17(22)18-5-8-20-6-3-4-7-20/h3-4,6-7,9-11,16,21H,5,8,12H2,1-2H3,(H2,18,19,22)/t16-/m0/s1. The van der Waals surface area contributed by atoms with Gasteiger partial charge in [0.05, 0.1) is 6.10 Å². The van der Waals surface area contributed by atoms with Crippen LogP contribution in [-0.4, -0.2) is 28.8 Å². The Morgan fingerprint density at radius 3 is 2.41 bits per heavy atom. The van der Waals surface area contributed by atoms with Gasteiger partial charge in [-0.25, -0.2) is 4.79 Å². The molecule has 0 aliphatic heterocycles. The van der Waals surface area contributed by atoms with E-state index in [4.69, 9.17) is 0 Å². The maximum Gasteiger partial charge on any atom is 0.314 e. The number of nitrogens with one attached hydrogen (secondary N) is 2. The highest BCUT2D eigenvalue weighted by Crippen LogP contribution is 2.16. The molecular weight excluding hydrogens is 278 g/mol. The van der Waals surface area contributed by atoms with Crippen LogP contribution in [0.2, 0.25) is 0 Å². The van der Waals surface area contributed by atoms with Gasteiger partial charge in [0.2, 0.25) is 0 Å². The Balaban J connectivity index is 1.73. The molecule has 0 saturated heterocycles.